The minimum Gasteiger partial charge on any atom is -0.346 e. The third-order valence-electron chi connectivity index (χ3n) is 2.91. The second kappa shape index (κ2) is 4.61. The number of rotatable bonds is 1. The van der Waals surface area contributed by atoms with Crippen molar-refractivity contribution in [3.8, 4) is 0 Å². The molecule has 94 valence electrons. The quantitative estimate of drug-likeness (QED) is 0.758. The van der Waals surface area contributed by atoms with E-state index in [1.807, 2.05) is 11.1 Å². The Bertz CT molecular complexity index is 596. The number of anilines is 1. The fourth-order valence-corrected chi connectivity index (χ4v) is 2.62. The van der Waals surface area contributed by atoms with Crippen LogP contribution in [0.2, 0.25) is 15.2 Å². The first-order valence-electron chi connectivity index (χ1n) is 5.41. The van der Waals surface area contributed by atoms with Gasteiger partial charge in [-0.1, -0.05) is 34.8 Å². The van der Waals surface area contributed by atoms with Gasteiger partial charge in [0.1, 0.15) is 16.8 Å². The molecule has 4 nitrogen and oxygen atoms in total. The van der Waals surface area contributed by atoms with Gasteiger partial charge < -0.3 is 9.47 Å². The van der Waals surface area contributed by atoms with E-state index in [9.17, 15) is 0 Å². The molecule has 0 spiro atoms. The average molecular weight is 304 g/mol. The summed E-state index contributed by atoms with van der Waals surface area (Å²) in [7, 11) is 0. The zero-order chi connectivity index (χ0) is 12.7. The van der Waals surface area contributed by atoms with Crippen molar-refractivity contribution >= 4 is 40.6 Å². The minimum absolute atomic E-state index is 0.269. The molecule has 1 aliphatic heterocycles. The summed E-state index contributed by atoms with van der Waals surface area (Å²) >= 11 is 18.0. The lowest BCUT2D eigenvalue weighted by Gasteiger charge is -2.29. The number of aromatic nitrogens is 3. The molecule has 0 unspecified atom stereocenters. The topological polar surface area (TPSA) is 34.0 Å². The summed E-state index contributed by atoms with van der Waals surface area (Å²) in [4.78, 5) is 10.6. The normalized spacial score (nSPS) is 14.7. The molecular formula is C11H9Cl3N4. The Balaban J connectivity index is 1.95. The standard InChI is InChI=1S/C11H9Cl3N4/c12-7-5-8(13)11(16-10(7)14)18-4-3-17-2-1-15-9(17)6-18/h1-2,5H,3-4,6H2. The van der Waals surface area contributed by atoms with Crippen molar-refractivity contribution in [1.29, 1.82) is 0 Å². The van der Waals surface area contributed by atoms with Crippen LogP contribution >= 0.6 is 34.8 Å². The van der Waals surface area contributed by atoms with Gasteiger partial charge in [-0.05, 0) is 6.07 Å². The zero-order valence-corrected chi connectivity index (χ0v) is 11.5. The number of pyridine rings is 1. The maximum absolute atomic E-state index is 6.16. The van der Waals surface area contributed by atoms with E-state index in [2.05, 4.69) is 14.5 Å². The summed E-state index contributed by atoms with van der Waals surface area (Å²) in [5.74, 6) is 1.64. The minimum atomic E-state index is 0.269. The van der Waals surface area contributed by atoms with Crippen LogP contribution in [0.25, 0.3) is 0 Å². The van der Waals surface area contributed by atoms with Crippen LogP contribution in [-0.2, 0) is 13.1 Å². The molecule has 0 saturated heterocycles. The second-order valence-electron chi connectivity index (χ2n) is 4.02. The molecule has 0 aliphatic carbocycles. The van der Waals surface area contributed by atoms with Crippen molar-refractivity contribution < 1.29 is 0 Å². The monoisotopic (exact) mass is 302 g/mol. The van der Waals surface area contributed by atoms with E-state index in [4.69, 9.17) is 34.8 Å². The Morgan fingerprint density at radius 3 is 2.78 bits per heavy atom. The van der Waals surface area contributed by atoms with Gasteiger partial charge in [0.25, 0.3) is 0 Å². The molecule has 3 rings (SSSR count). The van der Waals surface area contributed by atoms with Crippen LogP contribution < -0.4 is 4.90 Å². The lowest BCUT2D eigenvalue weighted by molar-refractivity contribution is 0.556. The number of imidazole rings is 1. The third kappa shape index (κ3) is 2.05. The van der Waals surface area contributed by atoms with E-state index in [0.717, 1.165) is 18.9 Å². The average Bonchev–Trinajstić information content (AvgIpc) is 2.80. The largest absolute Gasteiger partial charge is 0.346 e. The van der Waals surface area contributed by atoms with E-state index in [1.165, 1.54) is 0 Å². The van der Waals surface area contributed by atoms with Gasteiger partial charge in [-0.2, -0.15) is 0 Å². The van der Waals surface area contributed by atoms with Crippen LogP contribution in [0.5, 0.6) is 0 Å². The summed E-state index contributed by atoms with van der Waals surface area (Å²) in [5, 5.41) is 1.14. The van der Waals surface area contributed by atoms with Crippen molar-refractivity contribution in [2.75, 3.05) is 11.4 Å². The van der Waals surface area contributed by atoms with Crippen molar-refractivity contribution in [1.82, 2.24) is 14.5 Å². The van der Waals surface area contributed by atoms with Crippen LogP contribution in [0.1, 0.15) is 5.82 Å². The summed E-state index contributed by atoms with van der Waals surface area (Å²) < 4.78 is 2.11. The highest BCUT2D eigenvalue weighted by molar-refractivity contribution is 6.42. The van der Waals surface area contributed by atoms with Crippen LogP contribution in [0.3, 0.4) is 0 Å². The number of fused-ring (bicyclic) bond motifs is 1. The zero-order valence-electron chi connectivity index (χ0n) is 9.28. The molecular weight excluding hydrogens is 295 g/mol. The lowest BCUT2D eigenvalue weighted by Crippen LogP contribution is -2.34. The highest BCUT2D eigenvalue weighted by Gasteiger charge is 2.21. The van der Waals surface area contributed by atoms with Crippen molar-refractivity contribution in [3.05, 3.63) is 39.5 Å². The van der Waals surface area contributed by atoms with Crippen LogP contribution in [0, 0.1) is 0 Å². The molecule has 2 aromatic heterocycles. The Morgan fingerprint density at radius 1 is 1.11 bits per heavy atom. The van der Waals surface area contributed by atoms with Gasteiger partial charge in [-0.3, -0.25) is 0 Å². The van der Waals surface area contributed by atoms with E-state index in [-0.39, 0.29) is 5.15 Å². The predicted octanol–water partition coefficient (Wildman–Crippen LogP) is 3.26. The van der Waals surface area contributed by atoms with E-state index >= 15 is 0 Å². The summed E-state index contributed by atoms with van der Waals surface area (Å²) in [6.07, 6.45) is 3.76. The van der Waals surface area contributed by atoms with Gasteiger partial charge >= 0.3 is 0 Å². The molecule has 0 fully saturated rings. The Kier molecular flexibility index (Phi) is 3.09. The number of nitrogens with zero attached hydrogens (tertiary/aromatic N) is 4. The Labute approximate surface area is 119 Å². The third-order valence-corrected chi connectivity index (χ3v) is 3.86. The molecule has 0 atom stereocenters. The molecule has 7 heteroatoms. The van der Waals surface area contributed by atoms with Crippen LogP contribution in [-0.4, -0.2) is 21.1 Å². The number of hydrogen-bond acceptors (Lipinski definition) is 3. The lowest BCUT2D eigenvalue weighted by atomic mass is 10.3. The Hall–Kier alpha value is -0.970. The molecule has 0 radical (unpaired) electrons. The maximum Gasteiger partial charge on any atom is 0.150 e. The van der Waals surface area contributed by atoms with E-state index in [0.29, 0.717) is 22.4 Å². The summed E-state index contributed by atoms with van der Waals surface area (Å²) in [6, 6.07) is 1.62. The molecule has 18 heavy (non-hydrogen) atoms. The highest BCUT2D eigenvalue weighted by Crippen LogP contribution is 2.32. The molecule has 2 aromatic rings. The molecule has 3 heterocycles. The molecule has 0 aromatic carbocycles. The molecule has 0 N–H and O–H groups in total. The first-order valence-corrected chi connectivity index (χ1v) is 6.55. The number of hydrogen-bond donors (Lipinski definition) is 0. The Morgan fingerprint density at radius 2 is 1.94 bits per heavy atom. The smallest absolute Gasteiger partial charge is 0.150 e. The van der Waals surface area contributed by atoms with Gasteiger partial charge in [0, 0.05) is 25.5 Å². The number of halogens is 3. The van der Waals surface area contributed by atoms with Crippen molar-refractivity contribution in [2.45, 2.75) is 13.1 Å². The van der Waals surface area contributed by atoms with Gasteiger partial charge in [-0.25, -0.2) is 9.97 Å². The van der Waals surface area contributed by atoms with Crippen LogP contribution in [0.4, 0.5) is 5.82 Å². The van der Waals surface area contributed by atoms with Gasteiger partial charge in [0.2, 0.25) is 0 Å². The van der Waals surface area contributed by atoms with Crippen molar-refractivity contribution in [3.63, 3.8) is 0 Å². The summed E-state index contributed by atoms with van der Waals surface area (Å²) in [5.41, 5.74) is 0. The maximum atomic E-state index is 6.16. The van der Waals surface area contributed by atoms with Crippen molar-refractivity contribution in [2.24, 2.45) is 0 Å². The fraction of sp³-hybridized carbons (Fsp3) is 0.273. The molecule has 0 amide bonds. The van der Waals surface area contributed by atoms with Crippen LogP contribution in [0.15, 0.2) is 18.5 Å². The fourth-order valence-electron chi connectivity index (χ4n) is 2.01. The molecule has 0 bridgehead atoms. The first-order chi connectivity index (χ1) is 8.65. The SMILES string of the molecule is Clc1cc(Cl)c(N2CCn3ccnc3C2)nc1Cl. The second-order valence-corrected chi connectivity index (χ2v) is 5.20. The summed E-state index contributed by atoms with van der Waals surface area (Å²) in [6.45, 7) is 2.33. The van der Waals surface area contributed by atoms with E-state index in [1.54, 1.807) is 12.3 Å². The first kappa shape index (κ1) is 12.1. The van der Waals surface area contributed by atoms with Gasteiger partial charge in [-0.15, -0.1) is 0 Å². The predicted molar refractivity (Wildman–Crippen MR) is 72.5 cm³/mol. The molecule has 1 aliphatic rings. The van der Waals surface area contributed by atoms with E-state index < -0.39 is 0 Å². The van der Waals surface area contributed by atoms with Gasteiger partial charge in [0.15, 0.2) is 0 Å². The highest BCUT2D eigenvalue weighted by atomic mass is 35.5. The van der Waals surface area contributed by atoms with Gasteiger partial charge in [0.05, 0.1) is 16.6 Å². The molecule has 0 saturated carbocycles.